The zero-order chi connectivity index (χ0) is 12.1. The second kappa shape index (κ2) is 5.82. The Balaban J connectivity index is 1.87. The highest BCUT2D eigenvalue weighted by atomic mass is 16.3. The van der Waals surface area contributed by atoms with Crippen LogP contribution in [0.4, 0.5) is 11.6 Å². The van der Waals surface area contributed by atoms with Crippen LogP contribution < -0.4 is 10.6 Å². The highest BCUT2D eigenvalue weighted by Crippen LogP contribution is 2.25. The van der Waals surface area contributed by atoms with Gasteiger partial charge in [0.25, 0.3) is 0 Å². The number of rotatable bonds is 5. The molecule has 0 radical (unpaired) electrons. The summed E-state index contributed by atoms with van der Waals surface area (Å²) in [6, 6.07) is 1.89. The molecule has 1 saturated carbocycles. The first kappa shape index (κ1) is 12.1. The first-order valence-electron chi connectivity index (χ1n) is 6.27. The number of nitrogens with one attached hydrogen (secondary N) is 2. The summed E-state index contributed by atoms with van der Waals surface area (Å²) >= 11 is 0. The fraction of sp³-hybridized carbons (Fsp3) is 0.667. The van der Waals surface area contributed by atoms with E-state index in [4.69, 9.17) is 0 Å². The maximum absolute atomic E-state index is 9.72. The highest BCUT2D eigenvalue weighted by Gasteiger charge is 2.24. The van der Waals surface area contributed by atoms with Crippen molar-refractivity contribution in [3.8, 4) is 0 Å². The Morgan fingerprint density at radius 3 is 2.71 bits per heavy atom. The van der Waals surface area contributed by atoms with Gasteiger partial charge in [-0.25, -0.2) is 9.97 Å². The minimum absolute atomic E-state index is 0.155. The van der Waals surface area contributed by atoms with Crippen molar-refractivity contribution in [3.63, 3.8) is 0 Å². The van der Waals surface area contributed by atoms with Crippen LogP contribution >= 0.6 is 0 Å². The molecular weight excluding hydrogens is 216 g/mol. The summed E-state index contributed by atoms with van der Waals surface area (Å²) in [6.45, 7) is 3.66. The number of aliphatic hydroxyl groups excluding tert-OH is 1. The van der Waals surface area contributed by atoms with Crippen LogP contribution in [-0.4, -0.2) is 34.3 Å². The predicted octanol–water partition coefficient (Wildman–Crippen LogP) is 1.48. The quantitative estimate of drug-likeness (QED) is 0.722. The third-order valence-electron chi connectivity index (χ3n) is 3.19. The molecule has 1 aliphatic carbocycles. The van der Waals surface area contributed by atoms with Gasteiger partial charge in [-0.3, -0.25) is 0 Å². The summed E-state index contributed by atoms with van der Waals surface area (Å²) in [5, 5.41) is 16.1. The number of aliphatic hydroxyl groups is 1. The van der Waals surface area contributed by atoms with E-state index < -0.39 is 0 Å². The van der Waals surface area contributed by atoms with E-state index in [1.165, 1.54) is 0 Å². The molecular formula is C12H20N4O. The normalized spacial score (nSPS) is 23.6. The molecule has 94 valence electrons. The Morgan fingerprint density at radius 1 is 1.29 bits per heavy atom. The molecule has 0 amide bonds. The highest BCUT2D eigenvalue weighted by molar-refractivity contribution is 5.46. The lowest BCUT2D eigenvalue weighted by molar-refractivity contribution is 0.138. The number of nitrogens with zero attached hydrogens (tertiary/aromatic N) is 2. The topological polar surface area (TPSA) is 70.1 Å². The molecule has 0 aliphatic heterocycles. The minimum atomic E-state index is -0.155. The smallest absolute Gasteiger partial charge is 0.131 e. The second-order valence-electron chi connectivity index (χ2n) is 4.46. The van der Waals surface area contributed by atoms with Crippen LogP contribution in [-0.2, 0) is 0 Å². The molecule has 5 heteroatoms. The Labute approximate surface area is 102 Å². The summed E-state index contributed by atoms with van der Waals surface area (Å²) in [5.74, 6) is 2.00. The standard InChI is InChI=1S/C12H20N4O/c1-2-13-11-6-12(16-8-15-11)14-7-9-4-3-5-10(9)17/h6,8-10,17H,2-5,7H2,1H3,(H2,13,14,15,16). The molecule has 0 bridgehead atoms. The predicted molar refractivity (Wildman–Crippen MR) is 68.0 cm³/mol. The van der Waals surface area contributed by atoms with Gasteiger partial charge < -0.3 is 15.7 Å². The molecule has 0 aromatic carbocycles. The first-order valence-corrected chi connectivity index (χ1v) is 6.27. The van der Waals surface area contributed by atoms with E-state index >= 15 is 0 Å². The van der Waals surface area contributed by atoms with Crippen LogP contribution in [0.5, 0.6) is 0 Å². The summed E-state index contributed by atoms with van der Waals surface area (Å²) < 4.78 is 0. The molecule has 0 saturated heterocycles. The van der Waals surface area contributed by atoms with Crippen LogP contribution in [0, 0.1) is 5.92 Å². The van der Waals surface area contributed by atoms with Crippen molar-refractivity contribution >= 4 is 11.6 Å². The Morgan fingerprint density at radius 2 is 2.06 bits per heavy atom. The summed E-state index contributed by atoms with van der Waals surface area (Å²) in [6.07, 6.45) is 4.54. The van der Waals surface area contributed by atoms with Crippen molar-refractivity contribution in [2.75, 3.05) is 23.7 Å². The van der Waals surface area contributed by atoms with E-state index in [9.17, 15) is 5.11 Å². The van der Waals surface area contributed by atoms with E-state index in [2.05, 4.69) is 20.6 Å². The fourth-order valence-corrected chi connectivity index (χ4v) is 2.22. The van der Waals surface area contributed by atoms with Gasteiger partial charge in [0.05, 0.1) is 6.10 Å². The van der Waals surface area contributed by atoms with Crippen LogP contribution in [0.3, 0.4) is 0 Å². The van der Waals surface area contributed by atoms with Crippen molar-refractivity contribution in [2.24, 2.45) is 5.92 Å². The molecule has 0 spiro atoms. The van der Waals surface area contributed by atoms with E-state index in [1.54, 1.807) is 6.33 Å². The number of hydrogen-bond donors (Lipinski definition) is 3. The van der Waals surface area contributed by atoms with E-state index in [-0.39, 0.29) is 6.10 Å². The SMILES string of the molecule is CCNc1cc(NCC2CCCC2O)ncn1. The van der Waals surface area contributed by atoms with Crippen molar-refractivity contribution in [1.29, 1.82) is 0 Å². The number of anilines is 2. The summed E-state index contributed by atoms with van der Waals surface area (Å²) in [5.41, 5.74) is 0. The van der Waals surface area contributed by atoms with Crippen LogP contribution in [0.2, 0.25) is 0 Å². The van der Waals surface area contributed by atoms with Gasteiger partial charge in [0, 0.05) is 25.1 Å². The number of aromatic nitrogens is 2. The molecule has 1 fully saturated rings. The minimum Gasteiger partial charge on any atom is -0.393 e. The summed E-state index contributed by atoms with van der Waals surface area (Å²) in [7, 11) is 0. The lowest BCUT2D eigenvalue weighted by Crippen LogP contribution is -2.22. The van der Waals surface area contributed by atoms with Gasteiger partial charge in [-0.1, -0.05) is 6.42 Å². The van der Waals surface area contributed by atoms with E-state index in [0.29, 0.717) is 5.92 Å². The molecule has 2 unspecified atom stereocenters. The van der Waals surface area contributed by atoms with Gasteiger partial charge in [-0.15, -0.1) is 0 Å². The first-order chi connectivity index (χ1) is 8.29. The average Bonchev–Trinajstić information content (AvgIpc) is 2.73. The zero-order valence-corrected chi connectivity index (χ0v) is 10.2. The zero-order valence-electron chi connectivity index (χ0n) is 10.2. The maximum atomic E-state index is 9.72. The Kier molecular flexibility index (Phi) is 4.14. The molecule has 2 rings (SSSR count). The van der Waals surface area contributed by atoms with E-state index in [0.717, 1.165) is 44.0 Å². The van der Waals surface area contributed by atoms with Gasteiger partial charge in [0.2, 0.25) is 0 Å². The Hall–Kier alpha value is -1.36. The monoisotopic (exact) mass is 236 g/mol. The van der Waals surface area contributed by atoms with Crippen molar-refractivity contribution < 1.29 is 5.11 Å². The molecule has 2 atom stereocenters. The van der Waals surface area contributed by atoms with Gasteiger partial charge >= 0.3 is 0 Å². The lowest BCUT2D eigenvalue weighted by Gasteiger charge is -2.15. The van der Waals surface area contributed by atoms with Crippen molar-refractivity contribution in [1.82, 2.24) is 9.97 Å². The lowest BCUT2D eigenvalue weighted by atomic mass is 10.1. The molecule has 5 nitrogen and oxygen atoms in total. The van der Waals surface area contributed by atoms with Crippen LogP contribution in [0.15, 0.2) is 12.4 Å². The van der Waals surface area contributed by atoms with Gasteiger partial charge in [0.1, 0.15) is 18.0 Å². The van der Waals surface area contributed by atoms with Crippen LogP contribution in [0.1, 0.15) is 26.2 Å². The molecule has 3 N–H and O–H groups in total. The third-order valence-corrected chi connectivity index (χ3v) is 3.19. The molecule has 1 aromatic heterocycles. The van der Waals surface area contributed by atoms with Gasteiger partial charge in [-0.05, 0) is 19.8 Å². The Bertz CT molecular complexity index is 358. The van der Waals surface area contributed by atoms with Crippen molar-refractivity contribution in [2.45, 2.75) is 32.3 Å². The summed E-state index contributed by atoms with van der Waals surface area (Å²) in [4.78, 5) is 8.28. The largest absolute Gasteiger partial charge is 0.393 e. The molecule has 1 aliphatic rings. The van der Waals surface area contributed by atoms with Gasteiger partial charge in [0.15, 0.2) is 0 Å². The average molecular weight is 236 g/mol. The van der Waals surface area contributed by atoms with Crippen molar-refractivity contribution in [3.05, 3.63) is 12.4 Å². The molecule has 17 heavy (non-hydrogen) atoms. The molecule has 1 heterocycles. The number of hydrogen-bond acceptors (Lipinski definition) is 5. The van der Waals surface area contributed by atoms with Gasteiger partial charge in [-0.2, -0.15) is 0 Å². The molecule has 1 aromatic rings. The fourth-order valence-electron chi connectivity index (χ4n) is 2.22. The maximum Gasteiger partial charge on any atom is 0.131 e. The third kappa shape index (κ3) is 3.30. The second-order valence-corrected chi connectivity index (χ2v) is 4.46. The van der Waals surface area contributed by atoms with Crippen LogP contribution in [0.25, 0.3) is 0 Å². The van der Waals surface area contributed by atoms with E-state index in [1.807, 2.05) is 13.0 Å².